The molecule has 0 spiro atoms. The van der Waals surface area contributed by atoms with Crippen molar-refractivity contribution in [1.29, 1.82) is 0 Å². The van der Waals surface area contributed by atoms with E-state index in [0.29, 0.717) is 0 Å². The molecule has 0 unspecified atom stereocenters. The topological polar surface area (TPSA) is 4.93 Å². The zero-order valence-electron chi connectivity index (χ0n) is 22.0. The van der Waals surface area contributed by atoms with Crippen LogP contribution in [0.25, 0.3) is 38.6 Å². The Morgan fingerprint density at radius 2 is 0.846 bits per heavy atom. The van der Waals surface area contributed by atoms with Gasteiger partial charge in [0.2, 0.25) is 0 Å². The fourth-order valence-electron chi connectivity index (χ4n) is 6.25. The average molecular weight is 516 g/mol. The first-order chi connectivity index (χ1) is 19.3. The normalized spacial score (nSPS) is 11.7. The van der Waals surface area contributed by atoms with Crippen LogP contribution in [0, 0.1) is 0 Å². The lowest BCUT2D eigenvalue weighted by atomic mass is 10.0. The van der Waals surface area contributed by atoms with Crippen LogP contribution in [0.1, 0.15) is 0 Å². The lowest BCUT2D eigenvalue weighted by molar-refractivity contribution is 1.18. The molecule has 1 heterocycles. The average Bonchev–Trinajstić information content (AvgIpc) is 3.36. The second-order valence-corrected chi connectivity index (χ2v) is 14.2. The fraction of sp³-hybridized carbons (Fsp3) is 0.0270. The Morgan fingerprint density at radius 3 is 1.44 bits per heavy atom. The predicted octanol–water partition coefficient (Wildman–Crippen LogP) is 7.55. The molecular formula is C37H29NSi. The second kappa shape index (κ2) is 9.58. The standard InChI is InChI=1S/C37H29NSi/c1-39(28-16-4-2-5-17-28,29-18-6-3-7-19-29)37-27-15-11-23-33(37)32-22-10-14-26-36(32)38-34-24-12-8-20-30(34)31-21-9-13-25-35(31)38/h2-27H,1H3. The van der Waals surface area contributed by atoms with Crippen LogP contribution in [0.4, 0.5) is 0 Å². The third-order valence-electron chi connectivity index (χ3n) is 8.18. The SMILES string of the molecule is C[Si](c1ccccc1)(c1ccccc1)c1ccccc1-c1ccccc1-n1c2ccccc2c2ccccc21. The van der Waals surface area contributed by atoms with Gasteiger partial charge in [0, 0.05) is 16.3 Å². The van der Waals surface area contributed by atoms with E-state index in [-0.39, 0.29) is 0 Å². The van der Waals surface area contributed by atoms with Crippen molar-refractivity contribution in [3.8, 4) is 16.8 Å². The van der Waals surface area contributed by atoms with E-state index in [0.717, 1.165) is 0 Å². The minimum absolute atomic E-state index is 1.21. The van der Waals surface area contributed by atoms with Crippen LogP contribution in [0.2, 0.25) is 6.55 Å². The number of aromatic nitrogens is 1. The maximum atomic E-state index is 2.50. The second-order valence-electron chi connectivity index (χ2n) is 10.3. The largest absolute Gasteiger partial charge is 0.309 e. The molecule has 7 rings (SSSR count). The van der Waals surface area contributed by atoms with Gasteiger partial charge in [-0.2, -0.15) is 0 Å². The molecule has 0 aliphatic carbocycles. The van der Waals surface area contributed by atoms with E-state index in [1.54, 1.807) is 0 Å². The lowest BCUT2D eigenvalue weighted by Crippen LogP contribution is -2.65. The van der Waals surface area contributed by atoms with Gasteiger partial charge in [0.1, 0.15) is 8.07 Å². The first-order valence-corrected chi connectivity index (χ1v) is 16.1. The molecule has 0 saturated heterocycles. The molecule has 0 amide bonds. The summed E-state index contributed by atoms with van der Waals surface area (Å²) in [6.07, 6.45) is 0. The smallest absolute Gasteiger partial charge is 0.146 e. The Labute approximate surface area is 230 Å². The molecular weight excluding hydrogens is 487 g/mol. The summed E-state index contributed by atoms with van der Waals surface area (Å²) in [5, 5.41) is 6.82. The van der Waals surface area contributed by atoms with E-state index in [4.69, 9.17) is 0 Å². The van der Waals surface area contributed by atoms with Crippen LogP contribution in [0.3, 0.4) is 0 Å². The molecule has 186 valence electrons. The van der Waals surface area contributed by atoms with Gasteiger partial charge in [-0.1, -0.05) is 146 Å². The molecule has 0 N–H and O–H groups in total. The van der Waals surface area contributed by atoms with Crippen LogP contribution >= 0.6 is 0 Å². The van der Waals surface area contributed by atoms with Gasteiger partial charge < -0.3 is 4.57 Å². The molecule has 39 heavy (non-hydrogen) atoms. The first-order valence-electron chi connectivity index (χ1n) is 13.6. The Bertz CT molecular complexity index is 1830. The van der Waals surface area contributed by atoms with Crippen LogP contribution in [0.5, 0.6) is 0 Å². The molecule has 0 atom stereocenters. The van der Waals surface area contributed by atoms with Gasteiger partial charge in [-0.25, -0.2) is 0 Å². The number of fused-ring (bicyclic) bond motifs is 3. The van der Waals surface area contributed by atoms with Crippen LogP contribution in [-0.4, -0.2) is 12.6 Å². The van der Waals surface area contributed by atoms with Crippen LogP contribution < -0.4 is 15.6 Å². The van der Waals surface area contributed by atoms with Crippen molar-refractivity contribution in [1.82, 2.24) is 4.57 Å². The summed E-state index contributed by atoms with van der Waals surface area (Å²) < 4.78 is 2.45. The Morgan fingerprint density at radius 1 is 0.410 bits per heavy atom. The molecule has 2 heteroatoms. The zero-order valence-corrected chi connectivity index (χ0v) is 23.0. The summed E-state index contributed by atoms with van der Waals surface area (Å²) >= 11 is 0. The van der Waals surface area contributed by atoms with Crippen molar-refractivity contribution in [2.75, 3.05) is 0 Å². The van der Waals surface area contributed by atoms with Crippen LogP contribution in [0.15, 0.2) is 158 Å². The van der Waals surface area contributed by atoms with Gasteiger partial charge in [-0.05, 0) is 39.3 Å². The Kier molecular flexibility index (Phi) is 5.76. The monoisotopic (exact) mass is 515 g/mol. The summed E-state index contributed by atoms with van der Waals surface area (Å²) in [4.78, 5) is 0. The molecule has 0 aliphatic heterocycles. The fourth-order valence-corrected chi connectivity index (χ4v) is 10.1. The maximum absolute atomic E-state index is 2.50. The number of hydrogen-bond donors (Lipinski definition) is 0. The molecule has 6 aromatic carbocycles. The highest BCUT2D eigenvalue weighted by Gasteiger charge is 2.36. The molecule has 0 fully saturated rings. The number of para-hydroxylation sites is 3. The predicted molar refractivity (Wildman–Crippen MR) is 170 cm³/mol. The van der Waals surface area contributed by atoms with Gasteiger partial charge in [0.15, 0.2) is 0 Å². The van der Waals surface area contributed by atoms with Gasteiger partial charge in [-0.15, -0.1) is 0 Å². The quantitative estimate of drug-likeness (QED) is 0.165. The maximum Gasteiger partial charge on any atom is 0.146 e. The summed E-state index contributed by atoms with van der Waals surface area (Å²) in [5.74, 6) is 0. The third kappa shape index (κ3) is 3.76. The molecule has 0 bridgehead atoms. The Balaban J connectivity index is 1.54. The summed E-state index contributed by atoms with van der Waals surface area (Å²) in [5.41, 5.74) is 6.23. The van der Waals surface area contributed by atoms with Gasteiger partial charge >= 0.3 is 0 Å². The lowest BCUT2D eigenvalue weighted by Gasteiger charge is -2.32. The minimum atomic E-state index is -2.33. The highest BCUT2D eigenvalue weighted by Crippen LogP contribution is 2.36. The number of nitrogens with zero attached hydrogens (tertiary/aromatic N) is 1. The summed E-state index contributed by atoms with van der Waals surface area (Å²) in [6, 6.07) is 57.7. The van der Waals surface area contributed by atoms with Crippen molar-refractivity contribution in [3.05, 3.63) is 158 Å². The summed E-state index contributed by atoms with van der Waals surface area (Å²) in [6.45, 7) is 2.50. The Hall–Kier alpha value is -4.66. The van der Waals surface area contributed by atoms with Crippen molar-refractivity contribution < 1.29 is 0 Å². The number of rotatable bonds is 5. The van der Waals surface area contributed by atoms with Gasteiger partial charge in [0.05, 0.1) is 16.7 Å². The van der Waals surface area contributed by atoms with Gasteiger partial charge in [-0.3, -0.25) is 0 Å². The van der Waals surface area contributed by atoms with Crippen molar-refractivity contribution in [2.45, 2.75) is 6.55 Å². The number of hydrogen-bond acceptors (Lipinski definition) is 0. The van der Waals surface area contributed by atoms with Crippen molar-refractivity contribution in [2.24, 2.45) is 0 Å². The van der Waals surface area contributed by atoms with Gasteiger partial charge in [0.25, 0.3) is 0 Å². The molecule has 0 aliphatic rings. The van der Waals surface area contributed by atoms with Crippen molar-refractivity contribution in [3.63, 3.8) is 0 Å². The highest BCUT2D eigenvalue weighted by atomic mass is 28.3. The highest BCUT2D eigenvalue weighted by molar-refractivity contribution is 7.11. The van der Waals surface area contributed by atoms with E-state index in [9.17, 15) is 0 Å². The molecule has 0 saturated carbocycles. The molecule has 7 aromatic rings. The van der Waals surface area contributed by atoms with E-state index in [1.807, 2.05) is 0 Å². The van der Waals surface area contributed by atoms with E-state index < -0.39 is 8.07 Å². The minimum Gasteiger partial charge on any atom is -0.309 e. The van der Waals surface area contributed by atoms with E-state index in [1.165, 1.54) is 54.2 Å². The third-order valence-corrected chi connectivity index (χ3v) is 12.7. The zero-order chi connectivity index (χ0) is 26.2. The van der Waals surface area contributed by atoms with E-state index >= 15 is 0 Å². The molecule has 1 nitrogen and oxygen atoms in total. The summed E-state index contributed by atoms with van der Waals surface area (Å²) in [7, 11) is -2.33. The van der Waals surface area contributed by atoms with Crippen LogP contribution in [-0.2, 0) is 0 Å². The first kappa shape index (κ1) is 23.5. The molecule has 0 radical (unpaired) electrons. The number of benzene rings is 6. The molecule has 1 aromatic heterocycles. The van der Waals surface area contributed by atoms with E-state index in [2.05, 4.69) is 169 Å². The van der Waals surface area contributed by atoms with Crippen molar-refractivity contribution >= 4 is 45.4 Å².